The molecule has 2 N–H and O–H groups in total. The van der Waals surface area contributed by atoms with Gasteiger partial charge >= 0.3 is 5.97 Å². The predicted molar refractivity (Wildman–Crippen MR) is 83.2 cm³/mol. The van der Waals surface area contributed by atoms with E-state index in [1.165, 1.54) is 7.11 Å². The van der Waals surface area contributed by atoms with Crippen molar-refractivity contribution in [2.45, 2.75) is 10.6 Å². The summed E-state index contributed by atoms with van der Waals surface area (Å²) >= 11 is 7.69. The van der Waals surface area contributed by atoms with Crippen LogP contribution < -0.4 is 5.73 Å². The van der Waals surface area contributed by atoms with Gasteiger partial charge in [0.05, 0.1) is 12.7 Å². The van der Waals surface area contributed by atoms with E-state index in [9.17, 15) is 4.79 Å². The van der Waals surface area contributed by atoms with Gasteiger partial charge in [0.1, 0.15) is 0 Å². The molecule has 0 aliphatic rings. The van der Waals surface area contributed by atoms with Gasteiger partial charge in [0, 0.05) is 21.4 Å². The van der Waals surface area contributed by atoms with Crippen LogP contribution in [-0.2, 0) is 10.5 Å². The molecule has 104 valence electrons. The minimum absolute atomic E-state index is 0.389. The molecule has 5 heteroatoms. The van der Waals surface area contributed by atoms with Crippen LogP contribution in [0.5, 0.6) is 0 Å². The second-order valence-corrected chi connectivity index (χ2v) is 5.55. The molecule has 2 rings (SSSR count). The van der Waals surface area contributed by atoms with Gasteiger partial charge in [0.15, 0.2) is 0 Å². The number of ether oxygens (including phenoxy) is 1. The summed E-state index contributed by atoms with van der Waals surface area (Å²) in [6.45, 7) is 0. The fourth-order valence-electron chi connectivity index (χ4n) is 1.70. The molecule has 0 bridgehead atoms. The molecule has 0 atom stereocenters. The summed E-state index contributed by atoms with van der Waals surface area (Å²) in [6, 6.07) is 12.8. The second-order valence-electron chi connectivity index (χ2n) is 4.12. The molecule has 0 amide bonds. The number of esters is 1. The summed E-state index contributed by atoms with van der Waals surface area (Å²) in [5, 5.41) is 0.741. The Morgan fingerprint density at radius 2 is 2.05 bits per heavy atom. The Bertz CT molecular complexity index is 631. The highest BCUT2D eigenvalue weighted by Crippen LogP contribution is 2.31. The van der Waals surface area contributed by atoms with Gasteiger partial charge in [0.25, 0.3) is 0 Å². The lowest BCUT2D eigenvalue weighted by atomic mass is 10.2. The third-order valence-corrected chi connectivity index (χ3v) is 4.28. The molecule has 0 saturated carbocycles. The van der Waals surface area contributed by atoms with Gasteiger partial charge < -0.3 is 10.5 Å². The third-order valence-electron chi connectivity index (χ3n) is 2.77. The standard InChI is InChI=1S/C15H14ClNO2S/c1-19-15(18)10-6-7-14(13(17)8-10)20-9-11-4-2-3-5-12(11)16/h2-8H,9,17H2,1H3. The van der Waals surface area contributed by atoms with Crippen LogP contribution >= 0.6 is 23.4 Å². The fourth-order valence-corrected chi connectivity index (χ4v) is 2.93. The van der Waals surface area contributed by atoms with Gasteiger partial charge in [-0.1, -0.05) is 29.8 Å². The zero-order valence-electron chi connectivity index (χ0n) is 10.9. The Labute approximate surface area is 127 Å². The number of anilines is 1. The van der Waals surface area contributed by atoms with Crippen molar-refractivity contribution in [1.82, 2.24) is 0 Å². The third kappa shape index (κ3) is 3.46. The monoisotopic (exact) mass is 307 g/mol. The number of nitrogen functional groups attached to an aromatic ring is 1. The lowest BCUT2D eigenvalue weighted by Crippen LogP contribution is -2.02. The largest absolute Gasteiger partial charge is 0.465 e. The van der Waals surface area contributed by atoms with E-state index in [2.05, 4.69) is 4.74 Å². The average Bonchev–Trinajstić information content (AvgIpc) is 2.46. The van der Waals surface area contributed by atoms with E-state index in [4.69, 9.17) is 17.3 Å². The second kappa shape index (κ2) is 6.68. The number of nitrogens with two attached hydrogens (primary N) is 1. The molecule has 0 aliphatic heterocycles. The molecule has 0 fully saturated rings. The first-order valence-electron chi connectivity index (χ1n) is 5.96. The zero-order valence-corrected chi connectivity index (χ0v) is 12.5. The highest BCUT2D eigenvalue weighted by Gasteiger charge is 2.09. The Morgan fingerprint density at radius 1 is 1.30 bits per heavy atom. The number of rotatable bonds is 4. The maximum atomic E-state index is 11.4. The van der Waals surface area contributed by atoms with E-state index >= 15 is 0 Å². The average molecular weight is 308 g/mol. The van der Waals surface area contributed by atoms with Crippen LogP contribution in [0.2, 0.25) is 5.02 Å². The van der Waals surface area contributed by atoms with Crippen molar-refractivity contribution >= 4 is 35.0 Å². The predicted octanol–water partition coefficient (Wildman–Crippen LogP) is 4.00. The quantitative estimate of drug-likeness (QED) is 0.527. The van der Waals surface area contributed by atoms with Gasteiger partial charge in [-0.05, 0) is 29.8 Å². The Morgan fingerprint density at radius 3 is 2.70 bits per heavy atom. The van der Waals surface area contributed by atoms with E-state index in [1.807, 2.05) is 30.3 Å². The van der Waals surface area contributed by atoms with E-state index in [0.717, 1.165) is 21.2 Å². The number of carbonyl (C=O) groups excluding carboxylic acids is 1. The molecule has 2 aromatic carbocycles. The molecule has 0 saturated heterocycles. The highest BCUT2D eigenvalue weighted by molar-refractivity contribution is 7.98. The van der Waals surface area contributed by atoms with Crippen molar-refractivity contribution in [3.05, 3.63) is 58.6 Å². The Hall–Kier alpha value is -1.65. The van der Waals surface area contributed by atoms with Gasteiger partial charge in [-0.25, -0.2) is 4.79 Å². The molecule has 0 spiro atoms. The molecule has 0 aliphatic carbocycles. The van der Waals surface area contributed by atoms with E-state index in [1.54, 1.807) is 23.9 Å². The van der Waals surface area contributed by atoms with Gasteiger partial charge in [0.2, 0.25) is 0 Å². The van der Waals surface area contributed by atoms with Crippen molar-refractivity contribution in [1.29, 1.82) is 0 Å². The summed E-state index contributed by atoms with van der Waals surface area (Å²) in [6.07, 6.45) is 0. The normalized spacial score (nSPS) is 10.3. The van der Waals surface area contributed by atoms with Crippen molar-refractivity contribution in [2.75, 3.05) is 12.8 Å². The number of carbonyl (C=O) groups is 1. The number of methoxy groups -OCH3 is 1. The summed E-state index contributed by atoms with van der Waals surface area (Å²) in [4.78, 5) is 12.3. The van der Waals surface area contributed by atoms with Crippen LogP contribution in [0.25, 0.3) is 0 Å². The summed E-state index contributed by atoms with van der Waals surface area (Å²) in [7, 11) is 1.35. The molecule has 0 unspecified atom stereocenters. The Kier molecular flexibility index (Phi) is 4.93. The van der Waals surface area contributed by atoms with Crippen LogP contribution in [-0.4, -0.2) is 13.1 Å². The molecule has 2 aromatic rings. The van der Waals surface area contributed by atoms with E-state index in [-0.39, 0.29) is 5.97 Å². The van der Waals surface area contributed by atoms with Crippen LogP contribution in [0.15, 0.2) is 47.4 Å². The molecule has 0 aromatic heterocycles. The maximum Gasteiger partial charge on any atom is 0.337 e. The molecule has 20 heavy (non-hydrogen) atoms. The van der Waals surface area contributed by atoms with Crippen LogP contribution in [0.3, 0.4) is 0 Å². The van der Waals surface area contributed by atoms with Gasteiger partial charge in [-0.3, -0.25) is 0 Å². The van der Waals surface area contributed by atoms with Crippen LogP contribution in [0.1, 0.15) is 15.9 Å². The minimum Gasteiger partial charge on any atom is -0.465 e. The lowest BCUT2D eigenvalue weighted by Gasteiger charge is -2.08. The number of benzene rings is 2. The van der Waals surface area contributed by atoms with E-state index < -0.39 is 0 Å². The first-order chi connectivity index (χ1) is 9.61. The van der Waals surface area contributed by atoms with Crippen LogP contribution in [0, 0.1) is 0 Å². The smallest absolute Gasteiger partial charge is 0.337 e. The van der Waals surface area contributed by atoms with Gasteiger partial charge in [-0.15, -0.1) is 11.8 Å². The highest BCUT2D eigenvalue weighted by atomic mass is 35.5. The summed E-state index contributed by atoms with van der Waals surface area (Å²) in [5.41, 5.74) is 8.02. The minimum atomic E-state index is -0.389. The van der Waals surface area contributed by atoms with Gasteiger partial charge in [-0.2, -0.15) is 0 Å². The lowest BCUT2D eigenvalue weighted by molar-refractivity contribution is 0.0600. The summed E-state index contributed by atoms with van der Waals surface area (Å²) in [5.74, 6) is 0.334. The molecular weight excluding hydrogens is 294 g/mol. The number of hydrogen-bond acceptors (Lipinski definition) is 4. The number of thioether (sulfide) groups is 1. The van der Waals surface area contributed by atoms with Crippen molar-refractivity contribution in [3.63, 3.8) is 0 Å². The summed E-state index contributed by atoms with van der Waals surface area (Å²) < 4.78 is 4.66. The molecule has 3 nitrogen and oxygen atoms in total. The first-order valence-corrected chi connectivity index (χ1v) is 7.32. The zero-order chi connectivity index (χ0) is 14.5. The van der Waals surface area contributed by atoms with Crippen molar-refractivity contribution in [3.8, 4) is 0 Å². The van der Waals surface area contributed by atoms with Crippen LogP contribution in [0.4, 0.5) is 5.69 Å². The van der Waals surface area contributed by atoms with Crippen molar-refractivity contribution in [2.24, 2.45) is 0 Å². The molecule has 0 heterocycles. The number of hydrogen-bond donors (Lipinski definition) is 1. The first kappa shape index (κ1) is 14.8. The number of halogens is 1. The van der Waals surface area contributed by atoms with E-state index in [0.29, 0.717) is 11.3 Å². The Balaban J connectivity index is 2.11. The molecule has 0 radical (unpaired) electrons. The SMILES string of the molecule is COC(=O)c1ccc(SCc2ccccc2Cl)c(N)c1. The maximum absolute atomic E-state index is 11.4. The van der Waals surface area contributed by atoms with Crippen molar-refractivity contribution < 1.29 is 9.53 Å². The topological polar surface area (TPSA) is 52.3 Å². The molecular formula is C15H14ClNO2S. The fraction of sp³-hybridized carbons (Fsp3) is 0.133.